The van der Waals surface area contributed by atoms with Gasteiger partial charge < -0.3 is 9.47 Å². The van der Waals surface area contributed by atoms with Crippen LogP contribution >= 0.6 is 0 Å². The molecular formula is C25H32FN2+. The first-order chi connectivity index (χ1) is 13.4. The smallest absolute Gasteiger partial charge is 0.132 e. The van der Waals surface area contributed by atoms with E-state index >= 15 is 0 Å². The number of aromatic nitrogens is 1. The second-order valence-corrected chi connectivity index (χ2v) is 8.25. The molecule has 1 N–H and O–H groups in total. The van der Waals surface area contributed by atoms with E-state index < -0.39 is 0 Å². The van der Waals surface area contributed by atoms with Crippen molar-refractivity contribution in [1.29, 1.82) is 0 Å². The fourth-order valence-electron chi connectivity index (χ4n) is 3.75. The van der Waals surface area contributed by atoms with Gasteiger partial charge in [-0.2, -0.15) is 0 Å². The summed E-state index contributed by atoms with van der Waals surface area (Å²) < 4.78 is 16.6. The number of rotatable bonds is 8. The Morgan fingerprint density at radius 3 is 2.43 bits per heavy atom. The van der Waals surface area contributed by atoms with Crippen molar-refractivity contribution in [3.63, 3.8) is 0 Å². The minimum Gasteiger partial charge on any atom is -0.342 e. The van der Waals surface area contributed by atoms with Crippen LogP contribution in [0.1, 0.15) is 43.2 Å². The fraction of sp³-hybridized carbons (Fsp3) is 0.360. The molecule has 148 valence electrons. The van der Waals surface area contributed by atoms with Gasteiger partial charge in [-0.1, -0.05) is 61.9 Å². The molecule has 1 unspecified atom stereocenters. The van der Waals surface area contributed by atoms with E-state index in [1.54, 1.807) is 12.1 Å². The number of nitrogens with one attached hydrogen (secondary N) is 1. The lowest BCUT2D eigenvalue weighted by Gasteiger charge is -2.29. The Balaban J connectivity index is 1.81. The van der Waals surface area contributed by atoms with Crippen LogP contribution in [-0.4, -0.2) is 10.6 Å². The summed E-state index contributed by atoms with van der Waals surface area (Å²) in [5.74, 6) is 0.424. The third-order valence-corrected chi connectivity index (χ3v) is 5.79. The van der Waals surface area contributed by atoms with Crippen LogP contribution in [0.2, 0.25) is 0 Å². The van der Waals surface area contributed by atoms with Crippen molar-refractivity contribution in [2.24, 2.45) is 5.92 Å². The van der Waals surface area contributed by atoms with E-state index in [1.807, 2.05) is 12.1 Å². The zero-order valence-electron chi connectivity index (χ0n) is 17.5. The number of aryl methyl sites for hydroxylation is 1. The maximum absolute atomic E-state index is 14.3. The SMILES string of the molecule is Cc1cccc(Cn2cccc2C[NH+](Cc2ccccc2F)[C@H](C)C(C)C)c1. The molecule has 1 aromatic heterocycles. The minimum atomic E-state index is -0.105. The van der Waals surface area contributed by atoms with Gasteiger partial charge in [0.25, 0.3) is 0 Å². The number of nitrogens with zero attached hydrogens (tertiary/aromatic N) is 1. The molecule has 2 nitrogen and oxygen atoms in total. The van der Waals surface area contributed by atoms with Crippen molar-refractivity contribution in [3.8, 4) is 0 Å². The maximum atomic E-state index is 14.3. The van der Waals surface area contributed by atoms with Crippen LogP contribution < -0.4 is 4.90 Å². The molecule has 0 saturated carbocycles. The molecule has 3 aromatic rings. The van der Waals surface area contributed by atoms with Gasteiger partial charge in [-0.15, -0.1) is 0 Å². The van der Waals surface area contributed by atoms with Crippen molar-refractivity contribution in [1.82, 2.24) is 4.57 Å². The molecule has 3 heteroatoms. The van der Waals surface area contributed by atoms with Crippen LogP contribution in [0.4, 0.5) is 4.39 Å². The zero-order chi connectivity index (χ0) is 20.1. The van der Waals surface area contributed by atoms with Crippen LogP contribution in [0.25, 0.3) is 0 Å². The molecule has 0 aliphatic rings. The van der Waals surface area contributed by atoms with E-state index in [1.165, 1.54) is 21.7 Å². The van der Waals surface area contributed by atoms with Crippen LogP contribution in [0.3, 0.4) is 0 Å². The molecule has 1 heterocycles. The Morgan fingerprint density at radius 1 is 0.929 bits per heavy atom. The number of quaternary nitrogens is 1. The molecule has 0 aliphatic heterocycles. The number of halogens is 1. The second-order valence-electron chi connectivity index (χ2n) is 8.25. The standard InChI is InChI=1S/C25H31FN2/c1-19(2)21(4)28(17-23-11-5-6-13-25(23)26)18-24-12-8-14-27(24)16-22-10-7-9-20(3)15-22/h5-15,19,21H,16-18H2,1-4H3/p+1/t21-/m1/s1. The van der Waals surface area contributed by atoms with Gasteiger partial charge in [0, 0.05) is 24.2 Å². The predicted octanol–water partition coefficient (Wildman–Crippen LogP) is 4.61. The molecule has 0 radical (unpaired) electrons. The summed E-state index contributed by atoms with van der Waals surface area (Å²) in [7, 11) is 0. The van der Waals surface area contributed by atoms with Crippen LogP contribution in [0.15, 0.2) is 66.9 Å². The predicted molar refractivity (Wildman–Crippen MR) is 114 cm³/mol. The van der Waals surface area contributed by atoms with Gasteiger partial charge in [-0.25, -0.2) is 4.39 Å². The largest absolute Gasteiger partial charge is 0.342 e. The normalized spacial score (nSPS) is 13.6. The van der Waals surface area contributed by atoms with Gasteiger partial charge >= 0.3 is 0 Å². The third kappa shape index (κ3) is 5.11. The quantitative estimate of drug-likeness (QED) is 0.585. The zero-order valence-corrected chi connectivity index (χ0v) is 17.5. The number of hydrogen-bond acceptors (Lipinski definition) is 0. The van der Waals surface area contributed by atoms with E-state index in [4.69, 9.17) is 0 Å². The Hall–Kier alpha value is -2.39. The summed E-state index contributed by atoms with van der Waals surface area (Å²) >= 11 is 0. The molecule has 2 aromatic carbocycles. The lowest BCUT2D eigenvalue weighted by atomic mass is 10.0. The molecule has 0 aliphatic carbocycles. The van der Waals surface area contributed by atoms with Crippen LogP contribution in [0.5, 0.6) is 0 Å². The first kappa shape index (κ1) is 20.3. The lowest BCUT2D eigenvalue weighted by Crippen LogP contribution is -3.13. The first-order valence-electron chi connectivity index (χ1n) is 10.2. The molecule has 0 bridgehead atoms. The Morgan fingerprint density at radius 2 is 1.71 bits per heavy atom. The molecule has 0 fully saturated rings. The maximum Gasteiger partial charge on any atom is 0.132 e. The Labute approximate surface area is 168 Å². The lowest BCUT2D eigenvalue weighted by molar-refractivity contribution is -0.954. The number of benzene rings is 2. The van der Waals surface area contributed by atoms with Crippen LogP contribution in [-0.2, 0) is 19.6 Å². The number of hydrogen-bond donors (Lipinski definition) is 1. The molecule has 28 heavy (non-hydrogen) atoms. The monoisotopic (exact) mass is 379 g/mol. The van der Waals surface area contributed by atoms with Gasteiger partial charge in [0.1, 0.15) is 18.9 Å². The van der Waals surface area contributed by atoms with Crippen molar-refractivity contribution in [3.05, 3.63) is 95.1 Å². The van der Waals surface area contributed by atoms with Crippen molar-refractivity contribution >= 4 is 0 Å². The van der Waals surface area contributed by atoms with E-state index in [0.29, 0.717) is 18.5 Å². The van der Waals surface area contributed by atoms with E-state index in [2.05, 4.69) is 74.9 Å². The van der Waals surface area contributed by atoms with Crippen molar-refractivity contribution in [2.45, 2.75) is 53.4 Å². The van der Waals surface area contributed by atoms with Crippen molar-refractivity contribution in [2.75, 3.05) is 0 Å². The highest BCUT2D eigenvalue weighted by molar-refractivity contribution is 5.23. The van der Waals surface area contributed by atoms with Crippen LogP contribution in [0, 0.1) is 18.7 Å². The fourth-order valence-corrected chi connectivity index (χ4v) is 3.75. The van der Waals surface area contributed by atoms with Gasteiger partial charge in [-0.05, 0) is 37.6 Å². The van der Waals surface area contributed by atoms with Gasteiger partial charge in [0.05, 0.1) is 11.7 Å². The molecule has 2 atom stereocenters. The average Bonchev–Trinajstić information content (AvgIpc) is 3.09. The molecule has 3 rings (SSSR count). The van der Waals surface area contributed by atoms with Gasteiger partial charge in [0.15, 0.2) is 0 Å². The Bertz CT molecular complexity index is 897. The van der Waals surface area contributed by atoms with E-state index in [-0.39, 0.29) is 5.82 Å². The van der Waals surface area contributed by atoms with E-state index in [9.17, 15) is 4.39 Å². The highest BCUT2D eigenvalue weighted by Crippen LogP contribution is 2.11. The minimum absolute atomic E-state index is 0.105. The summed E-state index contributed by atoms with van der Waals surface area (Å²) in [6.45, 7) is 11.3. The molecular weight excluding hydrogens is 347 g/mol. The third-order valence-electron chi connectivity index (χ3n) is 5.79. The topological polar surface area (TPSA) is 9.37 Å². The van der Waals surface area contributed by atoms with Gasteiger partial charge in [-0.3, -0.25) is 0 Å². The Kier molecular flexibility index (Phi) is 6.69. The second kappa shape index (κ2) is 9.20. The molecule has 0 amide bonds. The van der Waals surface area contributed by atoms with Crippen molar-refractivity contribution < 1.29 is 9.29 Å². The summed E-state index contributed by atoms with van der Waals surface area (Å²) in [6, 6.07) is 20.6. The summed E-state index contributed by atoms with van der Waals surface area (Å²) in [6.07, 6.45) is 2.15. The molecule has 0 spiro atoms. The molecule has 0 saturated heterocycles. The summed E-state index contributed by atoms with van der Waals surface area (Å²) in [4.78, 5) is 1.39. The average molecular weight is 380 g/mol. The summed E-state index contributed by atoms with van der Waals surface area (Å²) in [5.41, 5.74) is 4.68. The van der Waals surface area contributed by atoms with E-state index in [0.717, 1.165) is 18.7 Å². The summed E-state index contributed by atoms with van der Waals surface area (Å²) in [5, 5.41) is 0. The van der Waals surface area contributed by atoms with Gasteiger partial charge in [0.2, 0.25) is 0 Å². The highest BCUT2D eigenvalue weighted by atomic mass is 19.1. The highest BCUT2D eigenvalue weighted by Gasteiger charge is 2.24. The first-order valence-corrected chi connectivity index (χ1v) is 10.2.